The molecule has 0 aliphatic heterocycles. The van der Waals surface area contributed by atoms with Gasteiger partial charge in [0.1, 0.15) is 0 Å². The Balaban J connectivity index is 3.12. The van der Waals surface area contributed by atoms with Crippen molar-refractivity contribution in [3.8, 4) is 12.3 Å². The SMILES string of the molecule is C#CCN(C)c1ccc(Br)cc1C(C)O. The van der Waals surface area contributed by atoms with E-state index in [-0.39, 0.29) is 0 Å². The molecule has 0 aliphatic carbocycles. The van der Waals surface area contributed by atoms with Crippen molar-refractivity contribution in [2.75, 3.05) is 18.5 Å². The normalized spacial score (nSPS) is 11.9. The van der Waals surface area contributed by atoms with Crippen molar-refractivity contribution in [2.45, 2.75) is 13.0 Å². The Kier molecular flexibility index (Phi) is 4.19. The predicted molar refractivity (Wildman–Crippen MR) is 66.9 cm³/mol. The maximum atomic E-state index is 9.65. The van der Waals surface area contributed by atoms with E-state index in [0.717, 1.165) is 15.7 Å². The van der Waals surface area contributed by atoms with Crippen LogP contribution in [0.5, 0.6) is 0 Å². The summed E-state index contributed by atoms with van der Waals surface area (Å²) in [7, 11) is 1.91. The lowest BCUT2D eigenvalue weighted by molar-refractivity contribution is 0.199. The van der Waals surface area contributed by atoms with Crippen LogP contribution in [0.25, 0.3) is 0 Å². The molecule has 2 nitrogen and oxygen atoms in total. The lowest BCUT2D eigenvalue weighted by atomic mass is 10.1. The Bertz CT molecular complexity index is 382. The number of benzene rings is 1. The number of halogens is 1. The van der Waals surface area contributed by atoms with Gasteiger partial charge in [-0.3, -0.25) is 0 Å². The average molecular weight is 268 g/mol. The van der Waals surface area contributed by atoms with Crippen LogP contribution in [0.15, 0.2) is 22.7 Å². The van der Waals surface area contributed by atoms with Crippen molar-refractivity contribution in [1.29, 1.82) is 0 Å². The average Bonchev–Trinajstić information content (AvgIpc) is 2.17. The highest BCUT2D eigenvalue weighted by Crippen LogP contribution is 2.28. The zero-order valence-electron chi connectivity index (χ0n) is 8.87. The molecule has 0 amide bonds. The van der Waals surface area contributed by atoms with Gasteiger partial charge in [-0.05, 0) is 25.1 Å². The number of hydrogen-bond acceptors (Lipinski definition) is 2. The van der Waals surface area contributed by atoms with E-state index in [9.17, 15) is 5.11 Å². The molecule has 0 radical (unpaired) electrons. The highest BCUT2D eigenvalue weighted by molar-refractivity contribution is 9.10. The largest absolute Gasteiger partial charge is 0.389 e. The van der Waals surface area contributed by atoms with Gasteiger partial charge < -0.3 is 10.0 Å². The van der Waals surface area contributed by atoms with Gasteiger partial charge in [0, 0.05) is 22.8 Å². The van der Waals surface area contributed by atoms with Gasteiger partial charge in [-0.25, -0.2) is 0 Å². The van der Waals surface area contributed by atoms with E-state index in [2.05, 4.69) is 21.9 Å². The number of nitrogens with zero attached hydrogens (tertiary/aromatic N) is 1. The number of anilines is 1. The third kappa shape index (κ3) is 2.98. The lowest BCUT2D eigenvalue weighted by Crippen LogP contribution is -2.19. The molecule has 0 fully saturated rings. The third-order valence-electron chi connectivity index (χ3n) is 2.18. The number of rotatable bonds is 3. The van der Waals surface area contributed by atoms with Crippen LogP contribution >= 0.6 is 15.9 Å². The first kappa shape index (κ1) is 12.1. The van der Waals surface area contributed by atoms with Gasteiger partial charge in [0.05, 0.1) is 12.6 Å². The molecule has 15 heavy (non-hydrogen) atoms. The van der Waals surface area contributed by atoms with Crippen LogP contribution in [0.1, 0.15) is 18.6 Å². The molecule has 3 heteroatoms. The summed E-state index contributed by atoms with van der Waals surface area (Å²) in [5, 5.41) is 9.65. The maximum absolute atomic E-state index is 9.65. The minimum Gasteiger partial charge on any atom is -0.389 e. The van der Waals surface area contributed by atoms with Gasteiger partial charge in [0.2, 0.25) is 0 Å². The zero-order valence-corrected chi connectivity index (χ0v) is 10.5. The molecular formula is C12H14BrNO. The van der Waals surface area contributed by atoms with Crippen molar-refractivity contribution < 1.29 is 5.11 Å². The standard InChI is InChI=1S/C12H14BrNO/c1-4-7-14(3)12-6-5-10(13)8-11(12)9(2)15/h1,5-6,8-9,15H,7H2,2-3H3. The molecule has 1 aromatic rings. The van der Waals surface area contributed by atoms with E-state index in [1.165, 1.54) is 0 Å². The third-order valence-corrected chi connectivity index (χ3v) is 2.67. The van der Waals surface area contributed by atoms with Crippen molar-refractivity contribution in [3.63, 3.8) is 0 Å². The second kappa shape index (κ2) is 5.20. The summed E-state index contributed by atoms with van der Waals surface area (Å²) in [5.41, 5.74) is 1.84. The Morgan fingerprint density at radius 3 is 2.80 bits per heavy atom. The second-order valence-corrected chi connectivity index (χ2v) is 4.35. The molecule has 1 atom stereocenters. The minimum absolute atomic E-state index is 0.502. The number of aliphatic hydroxyl groups is 1. The smallest absolute Gasteiger partial charge is 0.0788 e. The first-order chi connectivity index (χ1) is 7.06. The monoisotopic (exact) mass is 267 g/mol. The van der Waals surface area contributed by atoms with Crippen LogP contribution in [-0.4, -0.2) is 18.7 Å². The molecule has 0 heterocycles. The number of hydrogen-bond donors (Lipinski definition) is 1. The fourth-order valence-corrected chi connectivity index (χ4v) is 1.81. The van der Waals surface area contributed by atoms with Gasteiger partial charge in [-0.15, -0.1) is 6.42 Å². The second-order valence-electron chi connectivity index (χ2n) is 3.44. The molecule has 1 rings (SSSR count). The van der Waals surface area contributed by atoms with E-state index in [1.807, 2.05) is 30.1 Å². The Hall–Kier alpha value is -0.980. The Morgan fingerprint density at radius 1 is 1.60 bits per heavy atom. The van der Waals surface area contributed by atoms with E-state index >= 15 is 0 Å². The molecule has 0 spiro atoms. The van der Waals surface area contributed by atoms with Crippen LogP contribution < -0.4 is 4.90 Å². The van der Waals surface area contributed by atoms with Crippen LogP contribution in [0.4, 0.5) is 5.69 Å². The molecule has 0 saturated carbocycles. The van der Waals surface area contributed by atoms with Crippen LogP contribution in [0, 0.1) is 12.3 Å². The molecule has 0 saturated heterocycles. The van der Waals surface area contributed by atoms with Crippen LogP contribution in [-0.2, 0) is 0 Å². The van der Waals surface area contributed by atoms with Gasteiger partial charge in [-0.1, -0.05) is 21.9 Å². The molecule has 1 aromatic carbocycles. The molecule has 0 bridgehead atoms. The van der Waals surface area contributed by atoms with Gasteiger partial charge in [0.25, 0.3) is 0 Å². The van der Waals surface area contributed by atoms with Crippen molar-refractivity contribution in [1.82, 2.24) is 0 Å². The van der Waals surface area contributed by atoms with Gasteiger partial charge in [-0.2, -0.15) is 0 Å². The Morgan fingerprint density at radius 2 is 2.27 bits per heavy atom. The molecule has 1 N–H and O–H groups in total. The van der Waals surface area contributed by atoms with E-state index in [4.69, 9.17) is 6.42 Å². The van der Waals surface area contributed by atoms with Gasteiger partial charge in [0.15, 0.2) is 0 Å². The summed E-state index contributed by atoms with van der Waals surface area (Å²) in [6.07, 6.45) is 4.76. The van der Waals surface area contributed by atoms with Crippen LogP contribution in [0.2, 0.25) is 0 Å². The highest BCUT2D eigenvalue weighted by atomic mass is 79.9. The maximum Gasteiger partial charge on any atom is 0.0788 e. The fraction of sp³-hybridized carbons (Fsp3) is 0.333. The zero-order chi connectivity index (χ0) is 11.4. The van der Waals surface area contributed by atoms with Gasteiger partial charge >= 0.3 is 0 Å². The minimum atomic E-state index is -0.502. The summed E-state index contributed by atoms with van der Waals surface area (Å²) in [4.78, 5) is 1.94. The van der Waals surface area contributed by atoms with Crippen molar-refractivity contribution in [3.05, 3.63) is 28.2 Å². The molecule has 80 valence electrons. The summed E-state index contributed by atoms with van der Waals surface area (Å²) in [5.74, 6) is 2.58. The molecular weight excluding hydrogens is 254 g/mol. The molecule has 1 unspecified atom stereocenters. The summed E-state index contributed by atoms with van der Waals surface area (Å²) >= 11 is 3.38. The summed E-state index contributed by atoms with van der Waals surface area (Å²) in [6.45, 7) is 2.27. The Labute approximate surface area is 99.0 Å². The quantitative estimate of drug-likeness (QED) is 0.852. The topological polar surface area (TPSA) is 23.5 Å². The van der Waals surface area contributed by atoms with Crippen molar-refractivity contribution >= 4 is 21.6 Å². The first-order valence-electron chi connectivity index (χ1n) is 4.68. The summed E-state index contributed by atoms with van der Waals surface area (Å²) < 4.78 is 0.955. The molecule has 0 aliphatic rings. The lowest BCUT2D eigenvalue weighted by Gasteiger charge is -2.21. The van der Waals surface area contributed by atoms with E-state index < -0.39 is 6.10 Å². The fourth-order valence-electron chi connectivity index (χ4n) is 1.43. The highest BCUT2D eigenvalue weighted by Gasteiger charge is 2.11. The predicted octanol–water partition coefficient (Wildman–Crippen LogP) is 2.57. The van der Waals surface area contributed by atoms with Crippen molar-refractivity contribution in [2.24, 2.45) is 0 Å². The van der Waals surface area contributed by atoms with E-state index in [0.29, 0.717) is 6.54 Å². The first-order valence-corrected chi connectivity index (χ1v) is 5.47. The van der Waals surface area contributed by atoms with E-state index in [1.54, 1.807) is 6.92 Å². The number of aliphatic hydroxyl groups excluding tert-OH is 1. The summed E-state index contributed by atoms with van der Waals surface area (Å²) in [6, 6.07) is 5.80. The van der Waals surface area contributed by atoms with Crippen LogP contribution in [0.3, 0.4) is 0 Å². The molecule has 0 aromatic heterocycles. The number of terminal acetylenes is 1.